The maximum atomic E-state index is 13.0. The molecular weight excluding hydrogens is 261 g/mol. The van der Waals surface area contributed by atoms with Crippen LogP contribution in [0.4, 0.5) is 15.9 Å². The SMILES string of the molecule is CCN(c1ccc(F)cc1)c1cccc(C(N)=S)n1. The Morgan fingerprint density at radius 3 is 2.53 bits per heavy atom. The van der Waals surface area contributed by atoms with Gasteiger partial charge in [-0.3, -0.25) is 0 Å². The Morgan fingerprint density at radius 1 is 1.26 bits per heavy atom. The fourth-order valence-electron chi connectivity index (χ4n) is 1.81. The highest BCUT2D eigenvalue weighted by Gasteiger charge is 2.10. The Labute approximate surface area is 116 Å². The van der Waals surface area contributed by atoms with Crippen molar-refractivity contribution in [1.29, 1.82) is 0 Å². The molecule has 2 aromatic rings. The molecular formula is C14H14FN3S. The number of thiocarbonyl (C=S) groups is 1. The number of hydrogen-bond donors (Lipinski definition) is 1. The molecule has 19 heavy (non-hydrogen) atoms. The highest BCUT2D eigenvalue weighted by Crippen LogP contribution is 2.23. The van der Waals surface area contributed by atoms with Gasteiger partial charge >= 0.3 is 0 Å². The first-order valence-electron chi connectivity index (χ1n) is 5.91. The highest BCUT2D eigenvalue weighted by atomic mass is 32.1. The van der Waals surface area contributed by atoms with Crippen LogP contribution in [-0.4, -0.2) is 16.5 Å². The average molecular weight is 275 g/mol. The first-order valence-corrected chi connectivity index (χ1v) is 6.32. The molecule has 98 valence electrons. The van der Waals surface area contributed by atoms with Gasteiger partial charge in [-0.25, -0.2) is 9.37 Å². The van der Waals surface area contributed by atoms with Crippen molar-refractivity contribution < 1.29 is 4.39 Å². The third kappa shape index (κ3) is 3.06. The molecule has 0 atom stereocenters. The van der Waals surface area contributed by atoms with Gasteiger partial charge in [0.25, 0.3) is 0 Å². The van der Waals surface area contributed by atoms with E-state index in [-0.39, 0.29) is 10.8 Å². The predicted molar refractivity (Wildman–Crippen MR) is 79.2 cm³/mol. The summed E-state index contributed by atoms with van der Waals surface area (Å²) in [5.74, 6) is 0.476. The molecule has 0 amide bonds. The minimum atomic E-state index is -0.260. The molecule has 0 unspecified atom stereocenters. The second-order valence-electron chi connectivity index (χ2n) is 3.97. The van der Waals surface area contributed by atoms with E-state index in [9.17, 15) is 4.39 Å². The van der Waals surface area contributed by atoms with E-state index >= 15 is 0 Å². The summed E-state index contributed by atoms with van der Waals surface area (Å²) in [4.78, 5) is 6.63. The third-order valence-electron chi connectivity index (χ3n) is 2.72. The van der Waals surface area contributed by atoms with Gasteiger partial charge in [-0.05, 0) is 43.3 Å². The van der Waals surface area contributed by atoms with E-state index in [0.29, 0.717) is 12.2 Å². The largest absolute Gasteiger partial charge is 0.388 e. The summed E-state index contributed by atoms with van der Waals surface area (Å²) in [7, 11) is 0. The van der Waals surface area contributed by atoms with Gasteiger partial charge in [0, 0.05) is 12.2 Å². The molecule has 0 aliphatic heterocycles. The summed E-state index contributed by atoms with van der Waals surface area (Å²) in [6.45, 7) is 2.71. The number of aromatic nitrogens is 1. The molecule has 5 heteroatoms. The molecule has 2 rings (SSSR count). The molecule has 3 nitrogen and oxygen atoms in total. The second kappa shape index (κ2) is 5.75. The Balaban J connectivity index is 2.39. The van der Waals surface area contributed by atoms with E-state index in [2.05, 4.69) is 4.98 Å². The maximum absolute atomic E-state index is 13.0. The van der Waals surface area contributed by atoms with Gasteiger partial charge in [0.15, 0.2) is 0 Å². The summed E-state index contributed by atoms with van der Waals surface area (Å²) < 4.78 is 13.0. The molecule has 1 aromatic heterocycles. The molecule has 0 radical (unpaired) electrons. The minimum Gasteiger partial charge on any atom is -0.388 e. The van der Waals surface area contributed by atoms with Crippen LogP contribution in [0.5, 0.6) is 0 Å². The van der Waals surface area contributed by atoms with Crippen LogP contribution in [0, 0.1) is 5.82 Å². The molecule has 1 aromatic carbocycles. The third-order valence-corrected chi connectivity index (χ3v) is 2.93. The van der Waals surface area contributed by atoms with E-state index in [1.54, 1.807) is 18.2 Å². The molecule has 0 fully saturated rings. The minimum absolute atomic E-state index is 0.260. The van der Waals surface area contributed by atoms with E-state index in [4.69, 9.17) is 18.0 Å². The highest BCUT2D eigenvalue weighted by molar-refractivity contribution is 7.80. The fourth-order valence-corrected chi connectivity index (χ4v) is 1.92. The molecule has 2 N–H and O–H groups in total. The molecule has 0 aliphatic carbocycles. The number of anilines is 2. The zero-order valence-corrected chi connectivity index (χ0v) is 11.3. The summed E-state index contributed by atoms with van der Waals surface area (Å²) in [6, 6.07) is 11.8. The lowest BCUT2D eigenvalue weighted by molar-refractivity contribution is 0.628. The summed E-state index contributed by atoms with van der Waals surface area (Å²) >= 11 is 4.93. The zero-order chi connectivity index (χ0) is 13.8. The molecule has 0 saturated carbocycles. The number of benzene rings is 1. The van der Waals surface area contributed by atoms with Crippen molar-refractivity contribution >= 4 is 28.7 Å². The number of nitrogens with zero attached hydrogens (tertiary/aromatic N) is 2. The Morgan fingerprint density at radius 2 is 1.95 bits per heavy atom. The van der Waals surface area contributed by atoms with Crippen LogP contribution in [0.3, 0.4) is 0 Å². The summed E-state index contributed by atoms with van der Waals surface area (Å²) in [5.41, 5.74) is 7.03. The lowest BCUT2D eigenvalue weighted by atomic mass is 10.2. The van der Waals surface area contributed by atoms with Crippen LogP contribution in [0.25, 0.3) is 0 Å². The summed E-state index contributed by atoms with van der Waals surface area (Å²) in [6.07, 6.45) is 0. The molecule has 0 aliphatic rings. The molecule has 0 spiro atoms. The van der Waals surface area contributed by atoms with Gasteiger partial charge in [0.2, 0.25) is 0 Å². The van der Waals surface area contributed by atoms with Gasteiger partial charge in [0.05, 0.1) is 5.69 Å². The smallest absolute Gasteiger partial charge is 0.133 e. The standard InChI is InChI=1S/C14H14FN3S/c1-2-18(11-8-6-10(15)7-9-11)13-5-3-4-12(17-13)14(16)19/h3-9H,2H2,1H3,(H2,16,19). The van der Waals surface area contributed by atoms with Crippen molar-refractivity contribution in [2.45, 2.75) is 6.92 Å². The Kier molecular flexibility index (Phi) is 4.06. The van der Waals surface area contributed by atoms with Crippen LogP contribution < -0.4 is 10.6 Å². The van der Waals surface area contributed by atoms with E-state index < -0.39 is 0 Å². The van der Waals surface area contributed by atoms with Crippen molar-refractivity contribution in [3.63, 3.8) is 0 Å². The van der Waals surface area contributed by atoms with Crippen LogP contribution in [-0.2, 0) is 0 Å². The van der Waals surface area contributed by atoms with Gasteiger partial charge in [-0.1, -0.05) is 18.3 Å². The van der Waals surface area contributed by atoms with E-state index in [0.717, 1.165) is 11.5 Å². The van der Waals surface area contributed by atoms with Crippen LogP contribution in [0.15, 0.2) is 42.5 Å². The maximum Gasteiger partial charge on any atom is 0.133 e. The average Bonchev–Trinajstić information content (AvgIpc) is 2.42. The Bertz CT molecular complexity index is 583. The molecule has 1 heterocycles. The lowest BCUT2D eigenvalue weighted by Gasteiger charge is -2.22. The monoisotopic (exact) mass is 275 g/mol. The van der Waals surface area contributed by atoms with E-state index in [1.807, 2.05) is 24.0 Å². The lowest BCUT2D eigenvalue weighted by Crippen LogP contribution is -2.19. The fraction of sp³-hybridized carbons (Fsp3) is 0.143. The summed E-state index contributed by atoms with van der Waals surface area (Å²) in [5, 5.41) is 0. The number of halogens is 1. The van der Waals surface area contributed by atoms with Crippen LogP contribution in [0.2, 0.25) is 0 Å². The number of hydrogen-bond acceptors (Lipinski definition) is 3. The molecule has 0 saturated heterocycles. The normalized spacial score (nSPS) is 10.2. The second-order valence-corrected chi connectivity index (χ2v) is 4.41. The van der Waals surface area contributed by atoms with Gasteiger partial charge in [-0.15, -0.1) is 0 Å². The van der Waals surface area contributed by atoms with Crippen molar-refractivity contribution in [1.82, 2.24) is 4.98 Å². The zero-order valence-electron chi connectivity index (χ0n) is 10.5. The van der Waals surface area contributed by atoms with Crippen molar-refractivity contribution in [2.75, 3.05) is 11.4 Å². The van der Waals surface area contributed by atoms with Crippen molar-refractivity contribution in [3.05, 3.63) is 54.0 Å². The predicted octanol–water partition coefficient (Wildman–Crippen LogP) is 3.01. The topological polar surface area (TPSA) is 42.1 Å². The van der Waals surface area contributed by atoms with Crippen LogP contribution >= 0.6 is 12.2 Å². The van der Waals surface area contributed by atoms with Gasteiger partial charge in [0.1, 0.15) is 16.6 Å². The molecule has 0 bridgehead atoms. The number of pyridine rings is 1. The van der Waals surface area contributed by atoms with E-state index in [1.165, 1.54) is 12.1 Å². The quantitative estimate of drug-likeness (QED) is 0.871. The number of rotatable bonds is 4. The Hall–Kier alpha value is -2.01. The van der Waals surface area contributed by atoms with Crippen LogP contribution in [0.1, 0.15) is 12.6 Å². The first kappa shape index (κ1) is 13.4. The van der Waals surface area contributed by atoms with Crippen molar-refractivity contribution in [2.24, 2.45) is 5.73 Å². The van der Waals surface area contributed by atoms with Gasteiger partial charge < -0.3 is 10.6 Å². The number of nitrogens with two attached hydrogens (primary N) is 1. The van der Waals surface area contributed by atoms with Crippen molar-refractivity contribution in [3.8, 4) is 0 Å². The van der Waals surface area contributed by atoms with Gasteiger partial charge in [-0.2, -0.15) is 0 Å². The first-order chi connectivity index (χ1) is 9.11.